The molecular formula is C20H24N4O2. The Balaban J connectivity index is 1.29. The molecule has 1 atom stereocenters. The molecule has 2 aliphatic heterocycles. The third-order valence-electron chi connectivity index (χ3n) is 5.35. The molecule has 2 saturated heterocycles. The van der Waals surface area contributed by atoms with E-state index in [1.807, 2.05) is 35.2 Å². The van der Waals surface area contributed by atoms with Gasteiger partial charge in [0.05, 0.1) is 30.9 Å². The minimum Gasteiger partial charge on any atom is -0.373 e. The van der Waals surface area contributed by atoms with Crippen LogP contribution in [0.5, 0.6) is 0 Å². The smallest absolute Gasteiger partial charge is 0.226 e. The Morgan fingerprint density at radius 3 is 2.77 bits per heavy atom. The molecule has 0 aliphatic carbocycles. The SMILES string of the molecule is O=C(Cc1ccccc1)N1CCC2(CC1)C[C@H](Nc1cnccn1)CO2. The first-order valence-electron chi connectivity index (χ1n) is 9.21. The van der Waals surface area contributed by atoms with E-state index in [1.165, 1.54) is 0 Å². The molecule has 0 radical (unpaired) electrons. The number of carbonyl (C=O) groups excluding carboxylic acids is 1. The number of hydrogen-bond acceptors (Lipinski definition) is 5. The van der Waals surface area contributed by atoms with Gasteiger partial charge in [-0.05, 0) is 24.8 Å². The maximum Gasteiger partial charge on any atom is 0.226 e. The number of hydrogen-bond donors (Lipinski definition) is 1. The molecule has 0 saturated carbocycles. The standard InChI is InChI=1S/C20H24N4O2/c25-19(12-16-4-2-1-3-5-16)24-10-6-20(7-11-24)13-17(15-26-20)23-18-14-21-8-9-22-18/h1-5,8-9,14,17H,6-7,10-13,15H2,(H,22,23)/t17-/m0/s1. The van der Waals surface area contributed by atoms with Crippen molar-refractivity contribution in [3.63, 3.8) is 0 Å². The molecule has 136 valence electrons. The van der Waals surface area contributed by atoms with Crippen molar-refractivity contribution in [3.05, 3.63) is 54.5 Å². The zero-order chi connectivity index (χ0) is 17.8. The summed E-state index contributed by atoms with van der Waals surface area (Å²) >= 11 is 0. The highest BCUT2D eigenvalue weighted by atomic mass is 16.5. The molecule has 4 rings (SSSR count). The Morgan fingerprint density at radius 1 is 1.23 bits per heavy atom. The summed E-state index contributed by atoms with van der Waals surface area (Å²) in [7, 11) is 0. The average Bonchev–Trinajstić information content (AvgIpc) is 3.06. The lowest BCUT2D eigenvalue weighted by atomic mass is 9.87. The molecule has 0 bridgehead atoms. The molecule has 1 aromatic heterocycles. The lowest BCUT2D eigenvalue weighted by molar-refractivity contribution is -0.135. The average molecular weight is 352 g/mol. The predicted molar refractivity (Wildman–Crippen MR) is 98.7 cm³/mol. The van der Waals surface area contributed by atoms with Gasteiger partial charge in [-0.25, -0.2) is 4.98 Å². The second-order valence-electron chi connectivity index (χ2n) is 7.17. The lowest BCUT2D eigenvalue weighted by Crippen LogP contribution is -2.47. The summed E-state index contributed by atoms with van der Waals surface area (Å²) in [6, 6.07) is 10.2. The Kier molecular flexibility index (Phi) is 4.84. The summed E-state index contributed by atoms with van der Waals surface area (Å²) in [4.78, 5) is 22.9. The van der Waals surface area contributed by atoms with Crippen molar-refractivity contribution in [2.75, 3.05) is 25.0 Å². The van der Waals surface area contributed by atoms with Gasteiger partial charge in [0.2, 0.25) is 5.91 Å². The van der Waals surface area contributed by atoms with Crippen molar-refractivity contribution in [1.82, 2.24) is 14.9 Å². The zero-order valence-corrected chi connectivity index (χ0v) is 14.8. The van der Waals surface area contributed by atoms with Gasteiger partial charge in [-0.3, -0.25) is 9.78 Å². The summed E-state index contributed by atoms with van der Waals surface area (Å²) in [5, 5.41) is 3.40. The Hall–Kier alpha value is -2.47. The fourth-order valence-electron chi connectivity index (χ4n) is 3.91. The molecule has 6 nitrogen and oxygen atoms in total. The van der Waals surface area contributed by atoms with E-state index in [9.17, 15) is 4.79 Å². The van der Waals surface area contributed by atoms with E-state index < -0.39 is 0 Å². The fraction of sp³-hybridized carbons (Fsp3) is 0.450. The summed E-state index contributed by atoms with van der Waals surface area (Å²) in [5.74, 6) is 0.993. The van der Waals surface area contributed by atoms with Gasteiger partial charge in [0, 0.05) is 25.5 Å². The number of piperidine rings is 1. The van der Waals surface area contributed by atoms with Crippen LogP contribution in [0.3, 0.4) is 0 Å². The summed E-state index contributed by atoms with van der Waals surface area (Å²) in [5.41, 5.74) is 0.965. The maximum absolute atomic E-state index is 12.5. The number of benzene rings is 1. The highest BCUT2D eigenvalue weighted by Gasteiger charge is 2.43. The van der Waals surface area contributed by atoms with Crippen LogP contribution in [-0.2, 0) is 16.0 Å². The van der Waals surface area contributed by atoms with Crippen LogP contribution in [0.2, 0.25) is 0 Å². The topological polar surface area (TPSA) is 67.4 Å². The number of nitrogens with one attached hydrogen (secondary N) is 1. The molecule has 3 heterocycles. The van der Waals surface area contributed by atoms with Gasteiger partial charge >= 0.3 is 0 Å². The molecule has 26 heavy (non-hydrogen) atoms. The summed E-state index contributed by atoms with van der Waals surface area (Å²) in [6.45, 7) is 2.21. The normalized spacial score (nSPS) is 21.7. The van der Waals surface area contributed by atoms with E-state index in [-0.39, 0.29) is 17.6 Å². The number of amides is 1. The van der Waals surface area contributed by atoms with E-state index in [0.29, 0.717) is 13.0 Å². The first kappa shape index (κ1) is 17.0. The van der Waals surface area contributed by atoms with Crippen molar-refractivity contribution < 1.29 is 9.53 Å². The predicted octanol–water partition coefficient (Wildman–Crippen LogP) is 2.28. The molecule has 6 heteroatoms. The summed E-state index contributed by atoms with van der Waals surface area (Å²) in [6.07, 6.45) is 8.30. The molecule has 1 aromatic carbocycles. The van der Waals surface area contributed by atoms with Crippen molar-refractivity contribution >= 4 is 11.7 Å². The number of ether oxygens (including phenoxy) is 1. The minimum absolute atomic E-state index is 0.108. The number of anilines is 1. The van der Waals surface area contributed by atoms with E-state index in [4.69, 9.17) is 4.74 Å². The number of likely N-dealkylation sites (tertiary alicyclic amines) is 1. The van der Waals surface area contributed by atoms with E-state index >= 15 is 0 Å². The molecule has 2 aromatic rings. The molecular weight excluding hydrogens is 328 g/mol. The number of rotatable bonds is 4. The third kappa shape index (κ3) is 3.85. The number of carbonyl (C=O) groups is 1. The second kappa shape index (κ2) is 7.41. The second-order valence-corrected chi connectivity index (χ2v) is 7.17. The molecule has 1 N–H and O–H groups in total. The third-order valence-corrected chi connectivity index (χ3v) is 5.35. The van der Waals surface area contributed by atoms with Crippen molar-refractivity contribution in [2.45, 2.75) is 37.3 Å². The van der Waals surface area contributed by atoms with Crippen molar-refractivity contribution in [2.24, 2.45) is 0 Å². The fourth-order valence-corrected chi connectivity index (χ4v) is 3.91. The maximum atomic E-state index is 12.5. The van der Waals surface area contributed by atoms with E-state index in [0.717, 1.165) is 43.7 Å². The summed E-state index contributed by atoms with van der Waals surface area (Å²) < 4.78 is 6.16. The van der Waals surface area contributed by atoms with E-state index in [1.54, 1.807) is 18.6 Å². The van der Waals surface area contributed by atoms with Crippen LogP contribution < -0.4 is 5.32 Å². The highest BCUT2D eigenvalue weighted by Crippen LogP contribution is 2.36. The van der Waals surface area contributed by atoms with Crippen molar-refractivity contribution in [3.8, 4) is 0 Å². The lowest BCUT2D eigenvalue weighted by Gasteiger charge is -2.38. The molecule has 2 fully saturated rings. The quantitative estimate of drug-likeness (QED) is 0.914. The van der Waals surface area contributed by atoms with Crippen LogP contribution in [0.25, 0.3) is 0 Å². The van der Waals surface area contributed by atoms with E-state index in [2.05, 4.69) is 15.3 Å². The molecule has 2 aliphatic rings. The number of nitrogens with zero attached hydrogens (tertiary/aromatic N) is 3. The van der Waals surface area contributed by atoms with Gasteiger partial charge in [0.15, 0.2) is 0 Å². The van der Waals surface area contributed by atoms with Crippen LogP contribution in [0.15, 0.2) is 48.9 Å². The van der Waals surface area contributed by atoms with Crippen molar-refractivity contribution in [1.29, 1.82) is 0 Å². The molecule has 0 unspecified atom stereocenters. The zero-order valence-electron chi connectivity index (χ0n) is 14.8. The Bertz CT molecular complexity index is 730. The van der Waals surface area contributed by atoms with Gasteiger partial charge in [-0.15, -0.1) is 0 Å². The highest BCUT2D eigenvalue weighted by molar-refractivity contribution is 5.78. The Morgan fingerprint density at radius 2 is 2.04 bits per heavy atom. The van der Waals surface area contributed by atoms with Gasteiger partial charge in [0.25, 0.3) is 0 Å². The molecule has 1 amide bonds. The number of aromatic nitrogens is 2. The molecule has 1 spiro atoms. The monoisotopic (exact) mass is 352 g/mol. The van der Waals surface area contributed by atoms with Gasteiger partial charge in [-0.2, -0.15) is 0 Å². The van der Waals surface area contributed by atoms with Gasteiger partial charge < -0.3 is 15.0 Å². The van der Waals surface area contributed by atoms with Crippen LogP contribution in [-0.4, -0.2) is 52.1 Å². The first-order valence-corrected chi connectivity index (χ1v) is 9.21. The van der Waals surface area contributed by atoms with Crippen LogP contribution in [0.4, 0.5) is 5.82 Å². The largest absolute Gasteiger partial charge is 0.373 e. The minimum atomic E-state index is -0.108. The van der Waals surface area contributed by atoms with Crippen LogP contribution in [0, 0.1) is 0 Å². The van der Waals surface area contributed by atoms with Crippen LogP contribution >= 0.6 is 0 Å². The Labute approximate surface area is 153 Å². The van der Waals surface area contributed by atoms with Crippen LogP contribution in [0.1, 0.15) is 24.8 Å². The first-order chi connectivity index (χ1) is 12.7. The van der Waals surface area contributed by atoms with Gasteiger partial charge in [0.1, 0.15) is 5.82 Å². The van der Waals surface area contributed by atoms with Gasteiger partial charge in [-0.1, -0.05) is 30.3 Å².